The molecule has 31 heavy (non-hydrogen) atoms. The van der Waals surface area contributed by atoms with Crippen molar-refractivity contribution in [2.75, 3.05) is 6.54 Å². The van der Waals surface area contributed by atoms with E-state index in [1.165, 1.54) is 17.7 Å². The van der Waals surface area contributed by atoms with Gasteiger partial charge in [0.1, 0.15) is 12.1 Å². The van der Waals surface area contributed by atoms with Crippen LogP contribution in [0.2, 0.25) is 0 Å². The normalized spacial score (nSPS) is 53.7. The van der Waals surface area contributed by atoms with Gasteiger partial charge in [0, 0.05) is 23.3 Å². The molecule has 4 aliphatic carbocycles. The predicted octanol–water partition coefficient (Wildman–Crippen LogP) is 3.15. The van der Waals surface area contributed by atoms with Crippen LogP contribution in [-0.4, -0.2) is 41.3 Å². The van der Waals surface area contributed by atoms with Gasteiger partial charge in [-0.1, -0.05) is 32.4 Å². The second-order valence-corrected chi connectivity index (χ2v) is 12.2. The minimum atomic E-state index is -0.231. The summed E-state index contributed by atoms with van der Waals surface area (Å²) in [5, 5.41) is 12.8. The summed E-state index contributed by atoms with van der Waals surface area (Å²) < 4.78 is 6.96. The Morgan fingerprint density at radius 1 is 1.23 bits per heavy atom. The summed E-state index contributed by atoms with van der Waals surface area (Å²) in [7, 11) is 0. The highest BCUT2D eigenvalue weighted by Gasteiger charge is 2.64. The summed E-state index contributed by atoms with van der Waals surface area (Å²) in [6.45, 7) is 10.5. The van der Waals surface area contributed by atoms with E-state index in [1.54, 1.807) is 0 Å². The minimum Gasteiger partial charge on any atom is -0.393 e. The fraction of sp³-hybridized carbons (Fsp3) is 0.815. The van der Waals surface area contributed by atoms with E-state index in [4.69, 9.17) is 4.74 Å². The molecule has 2 aliphatic heterocycles. The number of carbonyl (C=O) groups is 1. The van der Waals surface area contributed by atoms with Crippen molar-refractivity contribution in [3.8, 4) is 0 Å². The number of fused-ring (bicyclic) bond motifs is 6. The zero-order valence-electron chi connectivity index (χ0n) is 19.7. The molecule has 2 saturated carbocycles. The third kappa shape index (κ3) is 2.62. The number of piperidine rings is 1. The van der Waals surface area contributed by atoms with Gasteiger partial charge >= 0.3 is 0 Å². The Hall–Kier alpha value is -0.970. The number of ether oxygens (including phenoxy) is 1. The maximum Gasteiger partial charge on any atom is 0.163 e. The van der Waals surface area contributed by atoms with Crippen LogP contribution in [-0.2, 0) is 9.53 Å². The molecule has 4 fully saturated rings. The van der Waals surface area contributed by atoms with Crippen LogP contribution in [0.1, 0.15) is 72.6 Å². The van der Waals surface area contributed by atoms with E-state index in [9.17, 15) is 9.90 Å². The molecule has 0 amide bonds. The van der Waals surface area contributed by atoms with E-state index in [-0.39, 0.29) is 23.0 Å². The van der Waals surface area contributed by atoms with Crippen molar-refractivity contribution < 1.29 is 20.0 Å². The summed E-state index contributed by atoms with van der Waals surface area (Å²) >= 11 is 0. The molecule has 1 spiro atoms. The molecule has 0 radical (unpaired) electrons. The molecule has 2 heterocycles. The lowest BCUT2D eigenvalue weighted by Crippen LogP contribution is -2.96. The Labute approximate surface area is 186 Å². The van der Waals surface area contributed by atoms with E-state index in [0.29, 0.717) is 41.6 Å². The summed E-state index contributed by atoms with van der Waals surface area (Å²) in [6.07, 6.45) is 9.38. The minimum absolute atomic E-state index is 0.0592. The number of quaternary nitrogens is 1. The van der Waals surface area contributed by atoms with E-state index < -0.39 is 0 Å². The Morgan fingerprint density at radius 3 is 2.84 bits per heavy atom. The molecule has 6 rings (SSSR count). The number of aliphatic hydroxyl groups is 1. The average Bonchev–Trinajstić information content (AvgIpc) is 3.18. The molecular formula is C27H40NO3+. The first-order chi connectivity index (χ1) is 14.8. The van der Waals surface area contributed by atoms with Crippen LogP contribution in [0.3, 0.4) is 0 Å². The van der Waals surface area contributed by atoms with E-state index >= 15 is 0 Å². The monoisotopic (exact) mass is 426 g/mol. The number of hydrogen-bond acceptors (Lipinski definition) is 3. The molecule has 4 heteroatoms. The highest BCUT2D eigenvalue weighted by atomic mass is 16.5. The second kappa shape index (κ2) is 6.77. The zero-order valence-corrected chi connectivity index (χ0v) is 19.7. The first kappa shape index (κ1) is 20.6. The highest BCUT2D eigenvalue weighted by molar-refractivity contribution is 6.02. The van der Waals surface area contributed by atoms with Crippen molar-refractivity contribution in [1.29, 1.82) is 0 Å². The van der Waals surface area contributed by atoms with Crippen molar-refractivity contribution in [1.82, 2.24) is 0 Å². The lowest BCUT2D eigenvalue weighted by molar-refractivity contribution is -0.710. The van der Waals surface area contributed by atoms with Gasteiger partial charge in [-0.05, 0) is 74.7 Å². The third-order valence-corrected chi connectivity index (χ3v) is 10.8. The molecule has 4 nitrogen and oxygen atoms in total. The molecule has 170 valence electrons. The van der Waals surface area contributed by atoms with Crippen LogP contribution in [0, 0.1) is 35.0 Å². The highest BCUT2D eigenvalue weighted by Crippen LogP contribution is 2.63. The Bertz CT molecular complexity index is 876. The summed E-state index contributed by atoms with van der Waals surface area (Å²) in [6, 6.07) is 0.535. The topological polar surface area (TPSA) is 63.1 Å². The number of rotatable bonds is 0. The van der Waals surface area contributed by atoms with Crippen molar-refractivity contribution >= 4 is 5.78 Å². The molecule has 6 aliphatic rings. The Balaban J connectivity index is 1.39. The number of allylic oxidation sites excluding steroid dienone is 2. The molecule has 0 aromatic rings. The number of aliphatic hydroxyl groups excluding tert-OH is 1. The van der Waals surface area contributed by atoms with Crippen molar-refractivity contribution in [2.24, 2.45) is 35.0 Å². The van der Waals surface area contributed by atoms with Crippen LogP contribution < -0.4 is 5.32 Å². The van der Waals surface area contributed by atoms with Crippen LogP contribution in [0.4, 0.5) is 0 Å². The summed E-state index contributed by atoms with van der Waals surface area (Å²) in [4.78, 5) is 14.1. The van der Waals surface area contributed by atoms with Crippen LogP contribution in [0.25, 0.3) is 0 Å². The quantitative estimate of drug-likeness (QED) is 0.585. The van der Waals surface area contributed by atoms with Gasteiger partial charge < -0.3 is 15.2 Å². The van der Waals surface area contributed by atoms with Gasteiger partial charge in [0.15, 0.2) is 5.78 Å². The number of nitrogens with two attached hydrogens (primary N) is 1. The molecule has 3 N–H and O–H groups in total. The van der Waals surface area contributed by atoms with Crippen LogP contribution in [0.15, 0.2) is 22.8 Å². The largest absolute Gasteiger partial charge is 0.393 e. The van der Waals surface area contributed by atoms with Gasteiger partial charge in [-0.3, -0.25) is 4.79 Å². The zero-order chi connectivity index (χ0) is 21.7. The lowest BCUT2D eigenvalue weighted by atomic mass is 9.56. The molecule has 0 aromatic heterocycles. The number of hydrogen-bond donors (Lipinski definition) is 2. The molecular weight excluding hydrogens is 386 g/mol. The van der Waals surface area contributed by atoms with E-state index in [1.807, 2.05) is 0 Å². The van der Waals surface area contributed by atoms with Gasteiger partial charge in [-0.2, -0.15) is 0 Å². The van der Waals surface area contributed by atoms with Gasteiger partial charge in [0.25, 0.3) is 0 Å². The fourth-order valence-corrected chi connectivity index (χ4v) is 9.07. The molecule has 0 unspecified atom stereocenters. The van der Waals surface area contributed by atoms with E-state index in [2.05, 4.69) is 39.1 Å². The maximum absolute atomic E-state index is 14.1. The molecule has 2 saturated heterocycles. The van der Waals surface area contributed by atoms with Crippen molar-refractivity contribution in [3.63, 3.8) is 0 Å². The number of Topliss-reactive ketones (excluding diaryl/α,β-unsaturated/α-hetero) is 1. The van der Waals surface area contributed by atoms with Gasteiger partial charge in [-0.15, -0.1) is 0 Å². The standard InChI is InChI=1S/C27H39NO3/c1-14-11-21-24(28-13-14)16(3)27(31-21)10-8-19-20-6-5-17-12-18(29)7-9-26(17,4)23(20)25(30)22(19)15(27)2/h5,14,16,18-21,23-24,28-29H,6-13H2,1-4H3/p+1/t14-,16+,18-,19-,20+,21-,23+,24-,26+,27-/m1/s1. The first-order valence-electron chi connectivity index (χ1n) is 12.9. The predicted molar refractivity (Wildman–Crippen MR) is 119 cm³/mol. The van der Waals surface area contributed by atoms with Crippen LogP contribution >= 0.6 is 0 Å². The summed E-state index contributed by atoms with van der Waals surface area (Å²) in [5.74, 6) is 2.56. The molecule has 0 bridgehead atoms. The smallest absolute Gasteiger partial charge is 0.163 e. The van der Waals surface area contributed by atoms with Gasteiger partial charge in [0.2, 0.25) is 0 Å². The Morgan fingerprint density at radius 2 is 2.03 bits per heavy atom. The van der Waals surface area contributed by atoms with E-state index in [0.717, 1.165) is 50.5 Å². The van der Waals surface area contributed by atoms with Crippen LogP contribution in [0.5, 0.6) is 0 Å². The fourth-order valence-electron chi connectivity index (χ4n) is 9.07. The third-order valence-electron chi connectivity index (χ3n) is 10.8. The lowest BCUT2D eigenvalue weighted by Gasteiger charge is -2.48. The van der Waals surface area contributed by atoms with Gasteiger partial charge in [0.05, 0.1) is 18.2 Å². The number of ketones is 1. The number of carbonyl (C=O) groups excluding carboxylic acids is 1. The second-order valence-electron chi connectivity index (χ2n) is 12.2. The Kier molecular flexibility index (Phi) is 4.51. The van der Waals surface area contributed by atoms with Crippen molar-refractivity contribution in [3.05, 3.63) is 22.8 Å². The van der Waals surface area contributed by atoms with Gasteiger partial charge in [-0.25, -0.2) is 0 Å². The van der Waals surface area contributed by atoms with Crippen molar-refractivity contribution in [2.45, 2.75) is 96.5 Å². The SMILES string of the molecule is CC1=C2C(=O)[C@@H]3[C@@H](CC=C4C[C@H](O)CC[C@@]43C)[C@H]2CC[C@@]12O[C@@H]1C[C@@H](C)C[NH2+][C@@H]1[C@@H]2C. The summed E-state index contributed by atoms with van der Waals surface area (Å²) in [5.41, 5.74) is 3.50. The molecule has 10 atom stereocenters. The maximum atomic E-state index is 14.1. The average molecular weight is 427 g/mol. The first-order valence-corrected chi connectivity index (χ1v) is 12.9. The molecule has 0 aromatic carbocycles.